The number of aromatic nitrogens is 2. The molecule has 0 spiro atoms. The lowest BCUT2D eigenvalue weighted by Gasteiger charge is -2.04. The summed E-state index contributed by atoms with van der Waals surface area (Å²) in [5, 5.41) is 22.2. The first kappa shape index (κ1) is 11.9. The minimum atomic E-state index is -0.588. The van der Waals surface area contributed by atoms with E-state index in [-0.39, 0.29) is 11.4 Å². The highest BCUT2D eigenvalue weighted by atomic mass is 127. The molecular weight excluding hydrogens is 336 g/mol. The predicted octanol–water partition coefficient (Wildman–Crippen LogP) is 2.50. The summed E-state index contributed by atoms with van der Waals surface area (Å²) in [6, 6.07) is 5.82. The molecule has 0 radical (unpaired) electrons. The van der Waals surface area contributed by atoms with Crippen LogP contribution in [0.3, 0.4) is 0 Å². The van der Waals surface area contributed by atoms with E-state index in [2.05, 4.69) is 5.10 Å². The van der Waals surface area contributed by atoms with Gasteiger partial charge in [0.05, 0.1) is 5.69 Å². The molecule has 1 N–H and O–H groups in total. The van der Waals surface area contributed by atoms with Crippen molar-refractivity contribution in [1.82, 2.24) is 9.78 Å². The number of halogens is 2. The number of rotatable bonds is 1. The molecule has 0 atom stereocenters. The fraction of sp³-hybridized carbons (Fsp3) is 0.0909. The largest absolute Gasteiger partial charge is 0.508 e. The van der Waals surface area contributed by atoms with Crippen molar-refractivity contribution in [2.24, 2.45) is 0 Å². The van der Waals surface area contributed by atoms with Crippen LogP contribution in [0.2, 0.25) is 0 Å². The SMILES string of the molecule is Cc1nn(-c2ccc(O)cc2F)c(I)c1C#N. The summed E-state index contributed by atoms with van der Waals surface area (Å²) >= 11 is 1.94. The van der Waals surface area contributed by atoms with Gasteiger partial charge in [-0.1, -0.05) is 0 Å². The van der Waals surface area contributed by atoms with Gasteiger partial charge in [0.25, 0.3) is 0 Å². The second-order valence-corrected chi connectivity index (χ2v) is 4.43. The number of benzene rings is 1. The third-order valence-electron chi connectivity index (χ3n) is 2.28. The lowest BCUT2D eigenvalue weighted by Crippen LogP contribution is -2.02. The molecule has 2 aromatic rings. The van der Waals surface area contributed by atoms with Crippen LogP contribution in [0.25, 0.3) is 5.69 Å². The van der Waals surface area contributed by atoms with Crippen LogP contribution in [-0.2, 0) is 0 Å². The van der Waals surface area contributed by atoms with Gasteiger partial charge >= 0.3 is 0 Å². The van der Waals surface area contributed by atoms with Crippen molar-refractivity contribution in [3.63, 3.8) is 0 Å². The Labute approximate surface area is 110 Å². The first-order valence-corrected chi connectivity index (χ1v) is 5.76. The molecule has 86 valence electrons. The molecule has 0 aliphatic heterocycles. The van der Waals surface area contributed by atoms with Crippen molar-refractivity contribution < 1.29 is 9.50 Å². The molecular formula is C11H7FIN3O. The zero-order chi connectivity index (χ0) is 12.6. The maximum atomic E-state index is 13.7. The maximum Gasteiger partial charge on any atom is 0.152 e. The van der Waals surface area contributed by atoms with E-state index in [4.69, 9.17) is 10.4 Å². The predicted molar refractivity (Wildman–Crippen MR) is 67.4 cm³/mol. The summed E-state index contributed by atoms with van der Waals surface area (Å²) in [6.07, 6.45) is 0. The summed E-state index contributed by atoms with van der Waals surface area (Å²) < 4.78 is 15.6. The fourth-order valence-corrected chi connectivity index (χ4v) is 2.33. The van der Waals surface area contributed by atoms with Gasteiger partial charge in [-0.3, -0.25) is 0 Å². The average Bonchev–Trinajstić information content (AvgIpc) is 2.54. The maximum absolute atomic E-state index is 13.7. The highest BCUT2D eigenvalue weighted by Gasteiger charge is 2.16. The topological polar surface area (TPSA) is 61.8 Å². The van der Waals surface area contributed by atoms with Crippen molar-refractivity contribution in [1.29, 1.82) is 5.26 Å². The first-order valence-electron chi connectivity index (χ1n) is 4.68. The Morgan fingerprint density at radius 1 is 1.53 bits per heavy atom. The monoisotopic (exact) mass is 343 g/mol. The van der Waals surface area contributed by atoms with Crippen LogP contribution in [0.5, 0.6) is 5.75 Å². The Morgan fingerprint density at radius 3 is 2.76 bits per heavy atom. The van der Waals surface area contributed by atoms with Crippen molar-refractivity contribution >= 4 is 22.6 Å². The molecule has 2 rings (SSSR count). The molecule has 0 aliphatic carbocycles. The van der Waals surface area contributed by atoms with Crippen LogP contribution in [0.4, 0.5) is 4.39 Å². The highest BCUT2D eigenvalue weighted by molar-refractivity contribution is 14.1. The molecule has 6 heteroatoms. The normalized spacial score (nSPS) is 10.2. The second kappa shape index (κ2) is 4.33. The number of hydrogen-bond donors (Lipinski definition) is 1. The zero-order valence-electron chi connectivity index (χ0n) is 8.78. The molecule has 1 heterocycles. The summed E-state index contributed by atoms with van der Waals surface area (Å²) in [5.41, 5.74) is 1.18. The Morgan fingerprint density at radius 2 is 2.24 bits per heavy atom. The molecule has 1 aromatic carbocycles. The number of phenolic OH excluding ortho intramolecular Hbond substituents is 1. The molecule has 0 saturated carbocycles. The molecule has 17 heavy (non-hydrogen) atoms. The van der Waals surface area contributed by atoms with Gasteiger partial charge in [0.15, 0.2) is 5.82 Å². The molecule has 0 amide bonds. The Kier molecular flexibility index (Phi) is 3.02. The van der Waals surface area contributed by atoms with E-state index in [0.29, 0.717) is 15.0 Å². The Bertz CT molecular complexity index is 630. The fourth-order valence-electron chi connectivity index (χ4n) is 1.45. The third kappa shape index (κ3) is 1.98. The van der Waals surface area contributed by atoms with Crippen LogP contribution < -0.4 is 0 Å². The average molecular weight is 343 g/mol. The summed E-state index contributed by atoms with van der Waals surface area (Å²) in [6.45, 7) is 1.69. The summed E-state index contributed by atoms with van der Waals surface area (Å²) in [4.78, 5) is 0. The quantitative estimate of drug-likeness (QED) is 0.810. The minimum Gasteiger partial charge on any atom is -0.508 e. The van der Waals surface area contributed by atoms with Crippen LogP contribution in [0.15, 0.2) is 18.2 Å². The van der Waals surface area contributed by atoms with Gasteiger partial charge in [0.1, 0.15) is 26.8 Å². The van der Waals surface area contributed by atoms with E-state index in [1.165, 1.54) is 16.8 Å². The highest BCUT2D eigenvalue weighted by Crippen LogP contribution is 2.23. The van der Waals surface area contributed by atoms with Crippen LogP contribution in [0.1, 0.15) is 11.3 Å². The van der Waals surface area contributed by atoms with Gasteiger partial charge in [-0.25, -0.2) is 9.07 Å². The van der Waals surface area contributed by atoms with E-state index in [1.54, 1.807) is 6.92 Å². The van der Waals surface area contributed by atoms with E-state index < -0.39 is 5.82 Å². The van der Waals surface area contributed by atoms with Crippen LogP contribution in [0, 0.1) is 27.8 Å². The number of nitriles is 1. The lowest BCUT2D eigenvalue weighted by atomic mass is 10.3. The zero-order valence-corrected chi connectivity index (χ0v) is 10.9. The smallest absolute Gasteiger partial charge is 0.152 e. The van der Waals surface area contributed by atoms with Crippen LogP contribution in [-0.4, -0.2) is 14.9 Å². The first-order chi connectivity index (χ1) is 8.04. The molecule has 0 unspecified atom stereocenters. The number of hydrogen-bond acceptors (Lipinski definition) is 3. The summed E-state index contributed by atoms with van der Waals surface area (Å²) in [7, 11) is 0. The summed E-state index contributed by atoms with van der Waals surface area (Å²) in [5.74, 6) is -0.736. The van der Waals surface area contributed by atoms with E-state index in [1.807, 2.05) is 28.7 Å². The number of nitrogens with zero attached hydrogens (tertiary/aromatic N) is 3. The van der Waals surface area contributed by atoms with Crippen molar-refractivity contribution in [2.75, 3.05) is 0 Å². The molecule has 0 fully saturated rings. The van der Waals surface area contributed by atoms with Gasteiger partial charge in [0, 0.05) is 6.07 Å². The molecule has 0 saturated heterocycles. The Hall–Kier alpha value is -1.62. The number of aromatic hydroxyl groups is 1. The lowest BCUT2D eigenvalue weighted by molar-refractivity contribution is 0.468. The standard InChI is InChI=1S/C11H7FIN3O/c1-6-8(5-14)11(13)16(15-6)10-3-2-7(17)4-9(10)12/h2-4,17H,1H3. The molecule has 0 aliphatic rings. The Balaban J connectivity index is 2.66. The number of aryl methyl sites for hydroxylation is 1. The molecule has 4 nitrogen and oxygen atoms in total. The van der Waals surface area contributed by atoms with Crippen molar-refractivity contribution in [3.8, 4) is 17.5 Å². The molecule has 0 bridgehead atoms. The van der Waals surface area contributed by atoms with Crippen molar-refractivity contribution in [3.05, 3.63) is 39.0 Å². The van der Waals surface area contributed by atoms with E-state index in [0.717, 1.165) is 6.07 Å². The third-order valence-corrected chi connectivity index (χ3v) is 3.27. The van der Waals surface area contributed by atoms with Crippen molar-refractivity contribution in [2.45, 2.75) is 6.92 Å². The van der Waals surface area contributed by atoms with E-state index in [9.17, 15) is 4.39 Å². The van der Waals surface area contributed by atoms with Gasteiger partial charge in [-0.2, -0.15) is 10.4 Å². The van der Waals surface area contributed by atoms with Gasteiger partial charge in [-0.15, -0.1) is 0 Å². The number of phenols is 1. The van der Waals surface area contributed by atoms with E-state index >= 15 is 0 Å². The molecule has 1 aromatic heterocycles. The van der Waals surface area contributed by atoms with Gasteiger partial charge in [0.2, 0.25) is 0 Å². The minimum absolute atomic E-state index is 0.148. The second-order valence-electron chi connectivity index (χ2n) is 3.41. The van der Waals surface area contributed by atoms with Crippen LogP contribution >= 0.6 is 22.6 Å². The van der Waals surface area contributed by atoms with Gasteiger partial charge in [-0.05, 0) is 41.6 Å². The van der Waals surface area contributed by atoms with Gasteiger partial charge < -0.3 is 5.11 Å².